The van der Waals surface area contributed by atoms with Gasteiger partial charge in [0.25, 0.3) is 0 Å². The summed E-state index contributed by atoms with van der Waals surface area (Å²) >= 11 is 0. The van der Waals surface area contributed by atoms with E-state index in [2.05, 4.69) is 5.32 Å². The van der Waals surface area contributed by atoms with Gasteiger partial charge < -0.3 is 25.2 Å². The highest BCUT2D eigenvalue weighted by Crippen LogP contribution is 2.22. The lowest BCUT2D eigenvalue weighted by atomic mass is 10.1. The van der Waals surface area contributed by atoms with Crippen molar-refractivity contribution in [2.24, 2.45) is 0 Å². The molecule has 3 N–H and O–H groups in total. The first-order valence-corrected chi connectivity index (χ1v) is 6.74. The van der Waals surface area contributed by atoms with E-state index >= 15 is 0 Å². The molecule has 0 bridgehead atoms. The molecule has 7 heteroatoms. The van der Waals surface area contributed by atoms with Crippen LogP contribution in [0.1, 0.15) is 23.7 Å². The molecule has 1 unspecified atom stereocenters. The molecule has 1 atom stereocenters. The molecule has 1 aliphatic rings. The number of nitrogens with one attached hydrogen (secondary N) is 1. The largest absolute Gasteiger partial charge is 0.507 e. The molecule has 114 valence electrons. The lowest BCUT2D eigenvalue weighted by Gasteiger charge is -2.35. The lowest BCUT2D eigenvalue weighted by molar-refractivity contribution is 0.0144. The minimum atomic E-state index is -1.25. The highest BCUT2D eigenvalue weighted by atomic mass is 16.5. The lowest BCUT2D eigenvalue weighted by Crippen LogP contribution is -2.50. The number of carbonyl (C=O) groups excluding carboxylic acids is 1. The Labute approximate surface area is 122 Å². The molecule has 7 nitrogen and oxygen atoms in total. The van der Waals surface area contributed by atoms with Crippen LogP contribution in [0.25, 0.3) is 0 Å². The molecule has 2 rings (SSSR count). The first-order valence-electron chi connectivity index (χ1n) is 6.74. The van der Waals surface area contributed by atoms with Crippen LogP contribution in [0.4, 0.5) is 10.5 Å². The summed E-state index contributed by atoms with van der Waals surface area (Å²) in [4.78, 5) is 24.9. The summed E-state index contributed by atoms with van der Waals surface area (Å²) in [5.74, 6) is -1.58. The van der Waals surface area contributed by atoms with Crippen LogP contribution >= 0.6 is 0 Å². The number of carboxylic acids is 1. The van der Waals surface area contributed by atoms with Crippen molar-refractivity contribution in [3.8, 4) is 5.75 Å². The molecule has 0 saturated carbocycles. The summed E-state index contributed by atoms with van der Waals surface area (Å²) in [5.41, 5.74) is 0.0818. The molecule has 1 fully saturated rings. The summed E-state index contributed by atoms with van der Waals surface area (Å²) in [7, 11) is 0. The van der Waals surface area contributed by atoms with Gasteiger partial charge in [0.2, 0.25) is 0 Å². The maximum atomic E-state index is 12.3. The normalized spacial score (nSPS) is 18.3. The van der Waals surface area contributed by atoms with Crippen molar-refractivity contribution in [3.05, 3.63) is 23.8 Å². The summed E-state index contributed by atoms with van der Waals surface area (Å²) in [6, 6.07) is 3.65. The minimum Gasteiger partial charge on any atom is -0.507 e. The molecule has 2 amide bonds. The number of carboxylic acid groups (broad SMARTS) is 1. The van der Waals surface area contributed by atoms with E-state index in [-0.39, 0.29) is 23.4 Å². The van der Waals surface area contributed by atoms with Gasteiger partial charge in [0.1, 0.15) is 11.3 Å². The van der Waals surface area contributed by atoms with Crippen LogP contribution in [0, 0.1) is 0 Å². The number of anilines is 1. The Morgan fingerprint density at radius 3 is 2.90 bits per heavy atom. The molecule has 1 aliphatic heterocycles. The number of nitrogens with zero attached hydrogens (tertiary/aromatic N) is 1. The Kier molecular flexibility index (Phi) is 4.64. The van der Waals surface area contributed by atoms with Crippen molar-refractivity contribution in [2.45, 2.75) is 19.4 Å². The molecule has 0 spiro atoms. The van der Waals surface area contributed by atoms with Gasteiger partial charge in [0.05, 0.1) is 19.3 Å². The summed E-state index contributed by atoms with van der Waals surface area (Å²) in [6.45, 7) is 3.46. The third kappa shape index (κ3) is 3.43. The van der Waals surface area contributed by atoms with Crippen molar-refractivity contribution in [1.29, 1.82) is 0 Å². The quantitative estimate of drug-likeness (QED) is 0.737. The number of benzene rings is 1. The van der Waals surface area contributed by atoms with E-state index in [0.29, 0.717) is 25.4 Å². The number of amides is 2. The van der Waals surface area contributed by atoms with Crippen LogP contribution in [0.3, 0.4) is 0 Å². The van der Waals surface area contributed by atoms with Gasteiger partial charge in [-0.05, 0) is 24.6 Å². The molecular weight excluding hydrogens is 276 g/mol. The molecule has 1 aromatic carbocycles. The van der Waals surface area contributed by atoms with E-state index in [4.69, 9.17) is 9.84 Å². The van der Waals surface area contributed by atoms with E-state index in [9.17, 15) is 14.7 Å². The number of aromatic hydroxyl groups is 1. The number of phenols is 1. The van der Waals surface area contributed by atoms with Crippen LogP contribution in [-0.4, -0.2) is 52.9 Å². The highest BCUT2D eigenvalue weighted by Gasteiger charge is 2.26. The zero-order valence-corrected chi connectivity index (χ0v) is 11.7. The number of rotatable bonds is 3. The predicted molar refractivity (Wildman–Crippen MR) is 75.7 cm³/mol. The van der Waals surface area contributed by atoms with Crippen LogP contribution in [0.5, 0.6) is 5.75 Å². The summed E-state index contributed by atoms with van der Waals surface area (Å²) in [5, 5.41) is 21.1. The number of hydrogen-bond donors (Lipinski definition) is 3. The highest BCUT2D eigenvalue weighted by molar-refractivity contribution is 5.95. The van der Waals surface area contributed by atoms with E-state index < -0.39 is 5.97 Å². The molecule has 1 saturated heterocycles. The van der Waals surface area contributed by atoms with Crippen LogP contribution in [-0.2, 0) is 4.74 Å². The second-order valence-electron chi connectivity index (χ2n) is 4.80. The van der Waals surface area contributed by atoms with E-state index in [0.717, 1.165) is 6.42 Å². The Bertz CT molecular complexity index is 546. The number of hydrogen-bond acceptors (Lipinski definition) is 4. The number of ether oxygens (including phenoxy) is 1. The van der Waals surface area contributed by atoms with Gasteiger partial charge in [-0.15, -0.1) is 0 Å². The van der Waals surface area contributed by atoms with Crippen molar-refractivity contribution >= 4 is 17.7 Å². The second-order valence-corrected chi connectivity index (χ2v) is 4.80. The topological polar surface area (TPSA) is 99.1 Å². The van der Waals surface area contributed by atoms with Crippen molar-refractivity contribution in [3.63, 3.8) is 0 Å². The summed E-state index contributed by atoms with van der Waals surface area (Å²) in [6.07, 6.45) is 0.781. The molecule has 0 aliphatic carbocycles. The predicted octanol–water partition coefficient (Wildman–Crippen LogP) is 1.73. The Balaban J connectivity index is 2.12. The third-order valence-corrected chi connectivity index (χ3v) is 3.44. The van der Waals surface area contributed by atoms with Gasteiger partial charge in [-0.3, -0.25) is 0 Å². The van der Waals surface area contributed by atoms with E-state index in [1.807, 2.05) is 6.92 Å². The third-order valence-electron chi connectivity index (χ3n) is 3.44. The van der Waals surface area contributed by atoms with Crippen molar-refractivity contribution < 1.29 is 24.5 Å². The van der Waals surface area contributed by atoms with Gasteiger partial charge in [-0.1, -0.05) is 6.92 Å². The van der Waals surface area contributed by atoms with E-state index in [1.165, 1.54) is 18.2 Å². The van der Waals surface area contributed by atoms with Gasteiger partial charge in [0, 0.05) is 12.2 Å². The van der Waals surface area contributed by atoms with Gasteiger partial charge in [-0.2, -0.15) is 0 Å². The molecule has 1 aromatic rings. The Hall–Kier alpha value is -2.28. The number of morpholine rings is 1. The van der Waals surface area contributed by atoms with Gasteiger partial charge in [0.15, 0.2) is 0 Å². The molecule has 21 heavy (non-hydrogen) atoms. The monoisotopic (exact) mass is 294 g/mol. The number of aromatic carboxylic acids is 1. The molecule has 0 radical (unpaired) electrons. The minimum absolute atomic E-state index is 0.00908. The van der Waals surface area contributed by atoms with Crippen LogP contribution < -0.4 is 5.32 Å². The Morgan fingerprint density at radius 1 is 1.48 bits per heavy atom. The molecular formula is C14H18N2O5. The zero-order chi connectivity index (χ0) is 15.4. The SMILES string of the molecule is CCC1COCCN1C(=O)Nc1ccc(O)c(C(=O)O)c1. The fraction of sp³-hybridized carbons (Fsp3) is 0.429. The van der Waals surface area contributed by atoms with Crippen molar-refractivity contribution in [2.75, 3.05) is 25.1 Å². The maximum absolute atomic E-state index is 12.3. The fourth-order valence-electron chi connectivity index (χ4n) is 2.24. The molecule has 0 aromatic heterocycles. The second kappa shape index (κ2) is 6.45. The van der Waals surface area contributed by atoms with Gasteiger partial charge >= 0.3 is 12.0 Å². The standard InChI is InChI=1S/C14H18N2O5/c1-2-10-8-21-6-5-16(10)14(20)15-9-3-4-12(17)11(7-9)13(18)19/h3-4,7,10,17H,2,5-6,8H2,1H3,(H,15,20)(H,18,19). The van der Waals surface area contributed by atoms with Crippen molar-refractivity contribution in [1.82, 2.24) is 4.90 Å². The average Bonchev–Trinajstić information content (AvgIpc) is 2.48. The smallest absolute Gasteiger partial charge is 0.339 e. The Morgan fingerprint density at radius 2 is 2.24 bits per heavy atom. The summed E-state index contributed by atoms with van der Waals surface area (Å²) < 4.78 is 5.34. The first-order chi connectivity index (χ1) is 10.0. The van der Waals surface area contributed by atoms with Crippen LogP contribution in [0.15, 0.2) is 18.2 Å². The number of urea groups is 1. The van der Waals surface area contributed by atoms with E-state index in [1.54, 1.807) is 4.90 Å². The maximum Gasteiger partial charge on any atom is 0.339 e. The zero-order valence-electron chi connectivity index (χ0n) is 11.7. The van der Waals surface area contributed by atoms with Crippen LogP contribution in [0.2, 0.25) is 0 Å². The number of carbonyl (C=O) groups is 2. The van der Waals surface area contributed by atoms with Gasteiger partial charge in [-0.25, -0.2) is 9.59 Å². The molecule has 1 heterocycles. The first kappa shape index (κ1) is 15.1. The fourth-order valence-corrected chi connectivity index (χ4v) is 2.24. The average molecular weight is 294 g/mol.